The Morgan fingerprint density at radius 2 is 2.33 bits per heavy atom. The summed E-state index contributed by atoms with van der Waals surface area (Å²) in [4.78, 5) is 14.6. The molecule has 3 nitrogen and oxygen atoms in total. The van der Waals surface area contributed by atoms with E-state index in [2.05, 4.69) is 32.8 Å². The predicted octanol–water partition coefficient (Wildman–Crippen LogP) is 3.09. The van der Waals surface area contributed by atoms with Gasteiger partial charge >= 0.3 is 5.97 Å². The van der Waals surface area contributed by atoms with Gasteiger partial charge in [-0.25, -0.2) is 4.79 Å². The van der Waals surface area contributed by atoms with Crippen molar-refractivity contribution >= 4 is 32.8 Å². The van der Waals surface area contributed by atoms with Gasteiger partial charge in [0.2, 0.25) is 0 Å². The summed E-state index contributed by atoms with van der Waals surface area (Å²) in [5.74, 6) is 5.77. The lowest BCUT2D eigenvalue weighted by atomic mass is 10.1. The number of aromatic amines is 1. The topological polar surface area (TPSA) is 42.1 Å². The van der Waals surface area contributed by atoms with E-state index in [1.54, 1.807) is 6.20 Å². The van der Waals surface area contributed by atoms with Gasteiger partial charge in [0.25, 0.3) is 0 Å². The van der Waals surface area contributed by atoms with E-state index in [0.29, 0.717) is 5.56 Å². The molecule has 0 atom stereocenters. The lowest BCUT2D eigenvalue weighted by Gasteiger charge is -1.97. The molecule has 4 heteroatoms. The van der Waals surface area contributed by atoms with Crippen molar-refractivity contribution in [3.63, 3.8) is 0 Å². The van der Waals surface area contributed by atoms with E-state index in [9.17, 15) is 4.79 Å². The molecule has 2 aromatic rings. The molecule has 1 N–H and O–H groups in total. The normalized spacial score (nSPS) is 9.89. The van der Waals surface area contributed by atoms with Gasteiger partial charge in [0.1, 0.15) is 0 Å². The maximum atomic E-state index is 11.6. The Labute approximate surface area is 114 Å². The van der Waals surface area contributed by atoms with E-state index in [1.807, 2.05) is 18.2 Å². The number of ether oxygens (including phenoxy) is 1. The maximum absolute atomic E-state index is 11.6. The smallest absolute Gasteiger partial charge is 0.340 e. The molecule has 0 fully saturated rings. The second kappa shape index (κ2) is 5.74. The third-order valence-electron chi connectivity index (χ3n) is 2.54. The van der Waals surface area contributed by atoms with Crippen LogP contribution in [-0.2, 0) is 4.74 Å². The number of aromatic nitrogens is 1. The van der Waals surface area contributed by atoms with Gasteiger partial charge < -0.3 is 9.72 Å². The third-order valence-corrected chi connectivity index (χ3v) is 2.94. The monoisotopic (exact) mass is 305 g/mol. The highest BCUT2D eigenvalue weighted by atomic mass is 79.9. The van der Waals surface area contributed by atoms with Crippen LogP contribution in [0.15, 0.2) is 24.4 Å². The van der Waals surface area contributed by atoms with Crippen LogP contribution >= 0.6 is 15.9 Å². The lowest BCUT2D eigenvalue weighted by Crippen LogP contribution is -1.99. The summed E-state index contributed by atoms with van der Waals surface area (Å²) in [6.45, 7) is 0. The number of carbonyl (C=O) groups excluding carboxylic acids is 1. The number of rotatable bonds is 2. The summed E-state index contributed by atoms with van der Waals surface area (Å²) in [6.07, 6.45) is 2.46. The molecule has 0 aliphatic carbocycles. The first-order valence-corrected chi connectivity index (χ1v) is 6.62. The van der Waals surface area contributed by atoms with Crippen LogP contribution in [0.3, 0.4) is 0 Å². The largest absolute Gasteiger partial charge is 0.465 e. The molecule has 18 heavy (non-hydrogen) atoms. The Hall–Kier alpha value is -1.73. The van der Waals surface area contributed by atoms with Crippen molar-refractivity contribution in [2.45, 2.75) is 6.42 Å². The van der Waals surface area contributed by atoms with E-state index < -0.39 is 0 Å². The number of carbonyl (C=O) groups is 1. The van der Waals surface area contributed by atoms with Crippen molar-refractivity contribution in [3.8, 4) is 11.8 Å². The number of hydrogen-bond acceptors (Lipinski definition) is 2. The van der Waals surface area contributed by atoms with E-state index in [0.717, 1.165) is 28.2 Å². The molecule has 0 radical (unpaired) electrons. The fraction of sp³-hybridized carbons (Fsp3) is 0.214. The number of nitrogens with one attached hydrogen (secondary N) is 1. The molecule has 0 bridgehead atoms. The molecule has 0 amide bonds. The number of halogens is 1. The van der Waals surface area contributed by atoms with Crippen LogP contribution in [0.4, 0.5) is 0 Å². The van der Waals surface area contributed by atoms with Crippen LogP contribution < -0.4 is 0 Å². The van der Waals surface area contributed by atoms with E-state index in [4.69, 9.17) is 4.74 Å². The SMILES string of the molecule is COC(=O)c1c[nH]c2ccc(C#CCCBr)cc12. The molecule has 0 aliphatic heterocycles. The van der Waals surface area contributed by atoms with Crippen LogP contribution in [0.25, 0.3) is 10.9 Å². The zero-order chi connectivity index (χ0) is 13.0. The Bertz CT molecular complexity index is 634. The second-order valence-electron chi connectivity index (χ2n) is 3.70. The van der Waals surface area contributed by atoms with Gasteiger partial charge in [0.05, 0.1) is 12.7 Å². The lowest BCUT2D eigenvalue weighted by molar-refractivity contribution is 0.0603. The van der Waals surface area contributed by atoms with E-state index in [-0.39, 0.29) is 5.97 Å². The Morgan fingerprint density at radius 3 is 3.06 bits per heavy atom. The van der Waals surface area contributed by atoms with Gasteiger partial charge in [0, 0.05) is 34.4 Å². The first-order chi connectivity index (χ1) is 8.76. The minimum absolute atomic E-state index is 0.341. The Kier molecular flexibility index (Phi) is 4.06. The number of alkyl halides is 1. The van der Waals surface area contributed by atoms with Gasteiger partial charge in [-0.05, 0) is 18.2 Å². The zero-order valence-electron chi connectivity index (χ0n) is 9.92. The first kappa shape index (κ1) is 12.7. The molecule has 1 heterocycles. The standard InChI is InChI=1S/C14H12BrNO2/c1-18-14(17)12-9-16-13-6-5-10(8-11(12)13)4-2-3-7-15/h5-6,8-9,16H,3,7H2,1H3. The number of H-pyrrole nitrogens is 1. The number of hydrogen-bond donors (Lipinski definition) is 1. The van der Waals surface area contributed by atoms with E-state index >= 15 is 0 Å². The molecule has 92 valence electrons. The van der Waals surface area contributed by atoms with Crippen LogP contribution in [0.2, 0.25) is 0 Å². The third kappa shape index (κ3) is 2.57. The van der Waals surface area contributed by atoms with Crippen LogP contribution in [-0.4, -0.2) is 23.4 Å². The van der Waals surface area contributed by atoms with Crippen molar-refractivity contribution in [2.24, 2.45) is 0 Å². The highest BCUT2D eigenvalue weighted by Crippen LogP contribution is 2.20. The molecule has 0 aliphatic rings. The molecule has 0 saturated heterocycles. The zero-order valence-corrected chi connectivity index (χ0v) is 11.5. The van der Waals surface area contributed by atoms with Crippen molar-refractivity contribution in [1.82, 2.24) is 4.98 Å². The molecule has 0 spiro atoms. The van der Waals surface area contributed by atoms with Gasteiger partial charge in [-0.3, -0.25) is 0 Å². The van der Waals surface area contributed by atoms with E-state index in [1.165, 1.54) is 7.11 Å². The number of benzene rings is 1. The Balaban J connectivity index is 2.43. The van der Waals surface area contributed by atoms with Crippen molar-refractivity contribution in [1.29, 1.82) is 0 Å². The molecule has 1 aromatic carbocycles. The van der Waals surface area contributed by atoms with Crippen LogP contribution in [0, 0.1) is 11.8 Å². The molecular weight excluding hydrogens is 294 g/mol. The summed E-state index contributed by atoms with van der Waals surface area (Å²) in [6, 6.07) is 5.75. The highest BCUT2D eigenvalue weighted by Gasteiger charge is 2.11. The van der Waals surface area contributed by atoms with Gasteiger partial charge in [-0.2, -0.15) is 0 Å². The van der Waals surface area contributed by atoms with Crippen molar-refractivity contribution in [3.05, 3.63) is 35.5 Å². The fourth-order valence-corrected chi connectivity index (χ4v) is 1.89. The average Bonchev–Trinajstić information content (AvgIpc) is 2.81. The summed E-state index contributed by atoms with van der Waals surface area (Å²) in [5, 5.41) is 1.70. The quantitative estimate of drug-likeness (QED) is 0.526. The van der Waals surface area contributed by atoms with Gasteiger partial charge in [0.15, 0.2) is 0 Å². The fourth-order valence-electron chi connectivity index (χ4n) is 1.69. The Morgan fingerprint density at radius 1 is 1.50 bits per heavy atom. The van der Waals surface area contributed by atoms with Crippen molar-refractivity contribution < 1.29 is 9.53 Å². The minimum Gasteiger partial charge on any atom is -0.465 e. The summed E-state index contributed by atoms with van der Waals surface area (Å²) < 4.78 is 4.74. The van der Waals surface area contributed by atoms with Gasteiger partial charge in [-0.1, -0.05) is 27.8 Å². The molecular formula is C14H12BrNO2. The molecule has 0 saturated carbocycles. The average molecular weight is 306 g/mol. The molecule has 0 unspecified atom stereocenters. The minimum atomic E-state index is -0.341. The summed E-state index contributed by atoms with van der Waals surface area (Å²) in [5.41, 5.74) is 2.34. The molecule has 2 rings (SSSR count). The van der Waals surface area contributed by atoms with Crippen LogP contribution in [0.1, 0.15) is 22.3 Å². The first-order valence-electron chi connectivity index (χ1n) is 5.50. The number of esters is 1. The molecule has 1 aromatic heterocycles. The maximum Gasteiger partial charge on any atom is 0.340 e. The van der Waals surface area contributed by atoms with Crippen molar-refractivity contribution in [2.75, 3.05) is 12.4 Å². The highest BCUT2D eigenvalue weighted by molar-refractivity contribution is 9.09. The summed E-state index contributed by atoms with van der Waals surface area (Å²) >= 11 is 3.33. The predicted molar refractivity (Wildman–Crippen MR) is 74.9 cm³/mol. The second-order valence-corrected chi connectivity index (χ2v) is 4.49. The number of fused-ring (bicyclic) bond motifs is 1. The number of methoxy groups -OCH3 is 1. The van der Waals surface area contributed by atoms with Gasteiger partial charge in [-0.15, -0.1) is 0 Å². The summed E-state index contributed by atoms with van der Waals surface area (Å²) in [7, 11) is 1.38. The van der Waals surface area contributed by atoms with Crippen LogP contribution in [0.5, 0.6) is 0 Å².